The van der Waals surface area contributed by atoms with Crippen LogP contribution in [-0.4, -0.2) is 23.1 Å². The second-order valence-electron chi connectivity index (χ2n) is 5.71. The molecule has 1 aromatic carbocycles. The fourth-order valence-corrected chi connectivity index (χ4v) is 4.73. The molecule has 0 amide bonds. The van der Waals surface area contributed by atoms with Crippen molar-refractivity contribution in [1.29, 1.82) is 0 Å². The van der Waals surface area contributed by atoms with Crippen LogP contribution in [0.15, 0.2) is 22.7 Å². The third-order valence-electron chi connectivity index (χ3n) is 4.07. The molecule has 0 spiro atoms. The maximum atomic E-state index is 13.2. The zero-order valence-electron chi connectivity index (χ0n) is 12.2. The van der Waals surface area contributed by atoms with Gasteiger partial charge in [-0.15, -0.1) is 0 Å². The van der Waals surface area contributed by atoms with Gasteiger partial charge in [0.25, 0.3) is 0 Å². The molecule has 112 valence electrons. The predicted molar refractivity (Wildman–Crippen MR) is 90.0 cm³/mol. The van der Waals surface area contributed by atoms with Crippen molar-refractivity contribution < 1.29 is 4.39 Å². The molecule has 1 saturated heterocycles. The van der Waals surface area contributed by atoms with Crippen LogP contribution in [0.3, 0.4) is 0 Å². The second kappa shape index (κ2) is 7.28. The molecule has 0 aliphatic carbocycles. The molecular formula is C16H23BrFNS. The SMILES string of the molecule is CCCNC(Cc1ccc(F)cc1Br)C1(C)CCCS1. The highest BCUT2D eigenvalue weighted by Crippen LogP contribution is 2.41. The van der Waals surface area contributed by atoms with Gasteiger partial charge in [-0.1, -0.05) is 28.9 Å². The summed E-state index contributed by atoms with van der Waals surface area (Å²) in [6, 6.07) is 5.47. The normalized spacial score (nSPS) is 24.0. The summed E-state index contributed by atoms with van der Waals surface area (Å²) >= 11 is 5.58. The molecule has 2 rings (SSSR count). The second-order valence-corrected chi connectivity index (χ2v) is 8.20. The van der Waals surface area contributed by atoms with Crippen LogP contribution < -0.4 is 5.32 Å². The topological polar surface area (TPSA) is 12.0 Å². The Morgan fingerprint density at radius 2 is 2.30 bits per heavy atom. The van der Waals surface area contributed by atoms with E-state index in [-0.39, 0.29) is 5.82 Å². The average molecular weight is 360 g/mol. The van der Waals surface area contributed by atoms with Gasteiger partial charge in [-0.05, 0) is 62.6 Å². The van der Waals surface area contributed by atoms with Gasteiger partial charge in [-0.2, -0.15) is 11.8 Å². The van der Waals surface area contributed by atoms with E-state index in [9.17, 15) is 4.39 Å². The lowest BCUT2D eigenvalue weighted by atomic mass is 9.90. The van der Waals surface area contributed by atoms with Crippen LogP contribution in [0, 0.1) is 5.82 Å². The monoisotopic (exact) mass is 359 g/mol. The van der Waals surface area contributed by atoms with Crippen molar-refractivity contribution in [2.24, 2.45) is 0 Å². The van der Waals surface area contributed by atoms with E-state index in [1.807, 2.05) is 6.07 Å². The highest BCUT2D eigenvalue weighted by atomic mass is 79.9. The van der Waals surface area contributed by atoms with Gasteiger partial charge < -0.3 is 5.32 Å². The number of hydrogen-bond acceptors (Lipinski definition) is 2. The summed E-state index contributed by atoms with van der Waals surface area (Å²) in [4.78, 5) is 0. The molecule has 4 heteroatoms. The van der Waals surface area contributed by atoms with Gasteiger partial charge in [0, 0.05) is 15.3 Å². The molecule has 1 aliphatic heterocycles. The zero-order valence-corrected chi connectivity index (χ0v) is 14.6. The highest BCUT2D eigenvalue weighted by molar-refractivity contribution is 9.10. The van der Waals surface area contributed by atoms with Crippen molar-refractivity contribution in [3.05, 3.63) is 34.1 Å². The Balaban J connectivity index is 2.14. The van der Waals surface area contributed by atoms with Crippen molar-refractivity contribution in [2.75, 3.05) is 12.3 Å². The van der Waals surface area contributed by atoms with Gasteiger partial charge in [-0.3, -0.25) is 0 Å². The first-order chi connectivity index (χ1) is 9.55. The predicted octanol–water partition coefficient (Wildman–Crippen LogP) is 4.78. The Bertz CT molecular complexity index is 446. The Labute approximate surface area is 134 Å². The Kier molecular flexibility index (Phi) is 5.94. The van der Waals surface area contributed by atoms with Crippen molar-refractivity contribution in [3.8, 4) is 0 Å². The van der Waals surface area contributed by atoms with Crippen LogP contribution in [0.25, 0.3) is 0 Å². The van der Waals surface area contributed by atoms with Gasteiger partial charge in [-0.25, -0.2) is 4.39 Å². The fourth-order valence-electron chi connectivity index (χ4n) is 2.81. The molecule has 0 aromatic heterocycles. The van der Waals surface area contributed by atoms with Crippen molar-refractivity contribution in [2.45, 2.75) is 50.3 Å². The summed E-state index contributed by atoms with van der Waals surface area (Å²) in [7, 11) is 0. The highest BCUT2D eigenvalue weighted by Gasteiger charge is 2.37. The van der Waals surface area contributed by atoms with E-state index >= 15 is 0 Å². The Hall–Kier alpha value is -0.0600. The number of rotatable bonds is 6. The minimum atomic E-state index is -0.180. The molecule has 1 nitrogen and oxygen atoms in total. The van der Waals surface area contributed by atoms with E-state index in [2.05, 4.69) is 46.9 Å². The zero-order chi connectivity index (χ0) is 14.6. The molecule has 0 saturated carbocycles. The van der Waals surface area contributed by atoms with Crippen LogP contribution in [0.5, 0.6) is 0 Å². The molecule has 1 aromatic rings. The van der Waals surface area contributed by atoms with Gasteiger partial charge in [0.2, 0.25) is 0 Å². The van der Waals surface area contributed by atoms with Gasteiger partial charge in [0.15, 0.2) is 0 Å². The van der Waals surface area contributed by atoms with Crippen molar-refractivity contribution in [1.82, 2.24) is 5.32 Å². The molecule has 0 bridgehead atoms. The largest absolute Gasteiger partial charge is 0.312 e. The van der Waals surface area contributed by atoms with E-state index in [0.29, 0.717) is 10.8 Å². The van der Waals surface area contributed by atoms with E-state index < -0.39 is 0 Å². The number of benzene rings is 1. The van der Waals surface area contributed by atoms with Crippen LogP contribution in [0.1, 0.15) is 38.7 Å². The summed E-state index contributed by atoms with van der Waals surface area (Å²) < 4.78 is 14.4. The average Bonchev–Trinajstić information content (AvgIpc) is 2.84. The maximum Gasteiger partial charge on any atom is 0.124 e. The van der Waals surface area contributed by atoms with E-state index in [4.69, 9.17) is 0 Å². The molecule has 20 heavy (non-hydrogen) atoms. The third kappa shape index (κ3) is 3.99. The van der Waals surface area contributed by atoms with E-state index in [0.717, 1.165) is 23.9 Å². The lowest BCUT2D eigenvalue weighted by molar-refractivity contribution is 0.398. The molecule has 1 aliphatic rings. The summed E-state index contributed by atoms with van der Waals surface area (Å²) in [5.41, 5.74) is 1.19. The number of nitrogens with one attached hydrogen (secondary N) is 1. The number of thioether (sulfide) groups is 1. The lowest BCUT2D eigenvalue weighted by Crippen LogP contribution is -2.47. The molecule has 1 N–H and O–H groups in total. The first-order valence-corrected chi connectivity index (χ1v) is 9.14. The van der Waals surface area contributed by atoms with Gasteiger partial charge >= 0.3 is 0 Å². The minimum Gasteiger partial charge on any atom is -0.312 e. The smallest absolute Gasteiger partial charge is 0.124 e. The lowest BCUT2D eigenvalue weighted by Gasteiger charge is -2.34. The summed E-state index contributed by atoms with van der Waals surface area (Å²) in [5, 5.41) is 3.71. The fraction of sp³-hybridized carbons (Fsp3) is 0.625. The molecular weight excluding hydrogens is 337 g/mol. The Morgan fingerprint density at radius 3 is 2.90 bits per heavy atom. The van der Waals surface area contributed by atoms with Gasteiger partial charge in [0.1, 0.15) is 5.82 Å². The number of halogens is 2. The molecule has 2 atom stereocenters. The van der Waals surface area contributed by atoms with Crippen LogP contribution >= 0.6 is 27.7 Å². The van der Waals surface area contributed by atoms with E-state index in [1.165, 1.54) is 24.2 Å². The Morgan fingerprint density at radius 1 is 1.50 bits per heavy atom. The van der Waals surface area contributed by atoms with Crippen molar-refractivity contribution in [3.63, 3.8) is 0 Å². The van der Waals surface area contributed by atoms with Crippen LogP contribution in [0.4, 0.5) is 4.39 Å². The van der Waals surface area contributed by atoms with Crippen molar-refractivity contribution >= 4 is 27.7 Å². The van der Waals surface area contributed by atoms with E-state index in [1.54, 1.807) is 12.1 Å². The standard InChI is InChI=1S/C16H23BrFNS/c1-3-8-19-15(16(2)7-4-9-20-16)10-12-5-6-13(18)11-14(12)17/h5-6,11,15,19H,3-4,7-10H2,1-2H3. The molecule has 0 radical (unpaired) electrons. The first-order valence-electron chi connectivity index (χ1n) is 7.36. The minimum absolute atomic E-state index is 0.180. The molecule has 1 fully saturated rings. The summed E-state index contributed by atoms with van der Waals surface area (Å²) in [6.45, 7) is 5.61. The molecule has 1 heterocycles. The molecule has 2 unspecified atom stereocenters. The first kappa shape index (κ1) is 16.3. The maximum absolute atomic E-state index is 13.2. The quantitative estimate of drug-likeness (QED) is 0.783. The summed E-state index contributed by atoms with van der Waals surface area (Å²) in [5.74, 6) is 1.07. The third-order valence-corrected chi connectivity index (χ3v) is 6.45. The number of hydrogen-bond donors (Lipinski definition) is 1. The van der Waals surface area contributed by atoms with Crippen LogP contribution in [0.2, 0.25) is 0 Å². The van der Waals surface area contributed by atoms with Crippen LogP contribution in [-0.2, 0) is 6.42 Å². The van der Waals surface area contributed by atoms with Gasteiger partial charge in [0.05, 0.1) is 0 Å². The summed E-state index contributed by atoms with van der Waals surface area (Å²) in [6.07, 6.45) is 4.65.